The average Bonchev–Trinajstić information content (AvgIpc) is 3.00. The Morgan fingerprint density at radius 2 is 1.45 bits per heavy atom. The maximum atomic E-state index is 14.3. The summed E-state index contributed by atoms with van der Waals surface area (Å²) in [5.74, 6) is -0.942. The van der Waals surface area contributed by atoms with E-state index in [9.17, 15) is 18.0 Å². The predicted octanol–water partition coefficient (Wildman–Crippen LogP) is 5.88. The van der Waals surface area contributed by atoms with Crippen LogP contribution in [-0.4, -0.2) is 44.8 Å². The highest BCUT2D eigenvalue weighted by molar-refractivity contribution is 7.92. The molecule has 0 spiro atoms. The van der Waals surface area contributed by atoms with Crippen molar-refractivity contribution in [1.82, 2.24) is 10.2 Å². The maximum Gasteiger partial charge on any atom is 0.264 e. The standard InChI is InChI=1S/C32H31Cl2N3O4S/c1-23-13-18-27(20-29(23)34)37(42(40,41)28-11-7-4-8-12-28)22-31(38)36(21-25-14-16-26(33)17-15-25)30(32(39)35-2)19-24-9-5-3-6-10-24/h3-18,20,30H,19,21-22H2,1-2H3,(H,35,39)/t30-/m1/s1. The molecule has 0 aliphatic heterocycles. The van der Waals surface area contributed by atoms with E-state index in [-0.39, 0.29) is 29.5 Å². The lowest BCUT2D eigenvalue weighted by atomic mass is 10.0. The molecule has 218 valence electrons. The molecule has 0 bridgehead atoms. The summed E-state index contributed by atoms with van der Waals surface area (Å²) >= 11 is 12.5. The third-order valence-corrected chi connectivity index (χ3v) is 9.28. The smallest absolute Gasteiger partial charge is 0.264 e. The number of carbonyl (C=O) groups excluding carboxylic acids is 2. The number of nitrogens with one attached hydrogen (secondary N) is 1. The molecular formula is C32H31Cl2N3O4S. The minimum Gasteiger partial charge on any atom is -0.357 e. The Hall–Kier alpha value is -3.85. The van der Waals surface area contributed by atoms with Gasteiger partial charge in [-0.2, -0.15) is 0 Å². The van der Waals surface area contributed by atoms with E-state index in [2.05, 4.69) is 5.32 Å². The van der Waals surface area contributed by atoms with Crippen LogP contribution < -0.4 is 9.62 Å². The van der Waals surface area contributed by atoms with E-state index < -0.39 is 28.5 Å². The van der Waals surface area contributed by atoms with E-state index in [1.807, 2.05) is 30.3 Å². The number of sulfonamides is 1. The van der Waals surface area contributed by atoms with Crippen LogP contribution in [0.2, 0.25) is 10.0 Å². The van der Waals surface area contributed by atoms with Crippen LogP contribution in [0, 0.1) is 6.92 Å². The fourth-order valence-electron chi connectivity index (χ4n) is 4.49. The number of aryl methyl sites for hydroxylation is 1. The van der Waals surface area contributed by atoms with Crippen LogP contribution >= 0.6 is 23.2 Å². The van der Waals surface area contributed by atoms with Crippen molar-refractivity contribution in [2.75, 3.05) is 17.9 Å². The third-order valence-electron chi connectivity index (χ3n) is 6.84. The van der Waals surface area contributed by atoms with Gasteiger partial charge in [0.1, 0.15) is 12.6 Å². The molecule has 4 rings (SSSR count). The van der Waals surface area contributed by atoms with Crippen LogP contribution in [0.25, 0.3) is 0 Å². The van der Waals surface area contributed by atoms with Crippen molar-refractivity contribution in [2.45, 2.75) is 30.8 Å². The summed E-state index contributed by atoms with van der Waals surface area (Å²) in [5.41, 5.74) is 2.56. The first kappa shape index (κ1) is 31.1. The van der Waals surface area contributed by atoms with Crippen LogP contribution in [0.15, 0.2) is 108 Å². The molecule has 7 nitrogen and oxygen atoms in total. The number of halogens is 2. The zero-order chi connectivity index (χ0) is 30.3. The molecule has 2 amide bonds. The summed E-state index contributed by atoms with van der Waals surface area (Å²) in [4.78, 5) is 29.0. The van der Waals surface area contributed by atoms with Gasteiger partial charge in [-0.05, 0) is 60.0 Å². The minimum atomic E-state index is -4.19. The van der Waals surface area contributed by atoms with E-state index in [1.54, 1.807) is 61.5 Å². The van der Waals surface area contributed by atoms with Gasteiger partial charge < -0.3 is 10.2 Å². The zero-order valence-electron chi connectivity index (χ0n) is 23.2. The second-order valence-electron chi connectivity index (χ2n) is 9.73. The Kier molecular flexibility index (Phi) is 10.3. The normalized spacial score (nSPS) is 11.9. The van der Waals surface area contributed by atoms with E-state index in [0.29, 0.717) is 10.0 Å². The topological polar surface area (TPSA) is 86.8 Å². The van der Waals surface area contributed by atoms with Crippen molar-refractivity contribution in [2.24, 2.45) is 0 Å². The highest BCUT2D eigenvalue weighted by atomic mass is 35.5. The number of benzene rings is 4. The number of hydrogen-bond donors (Lipinski definition) is 1. The van der Waals surface area contributed by atoms with Crippen LogP contribution in [-0.2, 0) is 32.6 Å². The second-order valence-corrected chi connectivity index (χ2v) is 12.4. The first-order chi connectivity index (χ1) is 20.1. The van der Waals surface area contributed by atoms with Gasteiger partial charge in [-0.1, -0.05) is 89.9 Å². The van der Waals surface area contributed by atoms with Gasteiger partial charge in [0, 0.05) is 30.1 Å². The van der Waals surface area contributed by atoms with Gasteiger partial charge in [-0.15, -0.1) is 0 Å². The Morgan fingerprint density at radius 1 is 0.833 bits per heavy atom. The molecule has 0 saturated carbocycles. The van der Waals surface area contributed by atoms with Gasteiger partial charge in [0.15, 0.2) is 0 Å². The Balaban J connectivity index is 1.79. The predicted molar refractivity (Wildman–Crippen MR) is 167 cm³/mol. The Morgan fingerprint density at radius 3 is 2.05 bits per heavy atom. The minimum absolute atomic E-state index is 0.0193. The summed E-state index contributed by atoms with van der Waals surface area (Å²) in [6.45, 7) is 1.29. The van der Waals surface area contributed by atoms with Gasteiger partial charge in [0.05, 0.1) is 10.6 Å². The molecule has 1 N–H and O–H groups in total. The highest BCUT2D eigenvalue weighted by Gasteiger charge is 2.34. The number of nitrogens with zero attached hydrogens (tertiary/aromatic N) is 2. The lowest BCUT2D eigenvalue weighted by Gasteiger charge is -2.33. The zero-order valence-corrected chi connectivity index (χ0v) is 25.5. The molecule has 0 aliphatic carbocycles. The van der Waals surface area contributed by atoms with Crippen molar-refractivity contribution < 1.29 is 18.0 Å². The van der Waals surface area contributed by atoms with Crippen LogP contribution in [0.3, 0.4) is 0 Å². The molecular weight excluding hydrogens is 593 g/mol. The van der Waals surface area contributed by atoms with Crippen molar-refractivity contribution >= 4 is 50.7 Å². The lowest BCUT2D eigenvalue weighted by Crippen LogP contribution is -2.53. The third kappa shape index (κ3) is 7.50. The molecule has 0 radical (unpaired) electrons. The quantitative estimate of drug-likeness (QED) is 0.226. The van der Waals surface area contributed by atoms with Gasteiger partial charge in [0.25, 0.3) is 10.0 Å². The van der Waals surface area contributed by atoms with E-state index in [4.69, 9.17) is 23.2 Å². The summed E-state index contributed by atoms with van der Waals surface area (Å²) in [5, 5.41) is 3.55. The number of carbonyl (C=O) groups is 2. The first-order valence-corrected chi connectivity index (χ1v) is 15.4. The van der Waals surface area contributed by atoms with Crippen molar-refractivity contribution in [3.8, 4) is 0 Å². The molecule has 0 aliphatic rings. The van der Waals surface area contributed by atoms with E-state index in [0.717, 1.165) is 21.0 Å². The number of amides is 2. The van der Waals surface area contributed by atoms with Crippen LogP contribution in [0.4, 0.5) is 5.69 Å². The molecule has 10 heteroatoms. The van der Waals surface area contributed by atoms with Crippen LogP contribution in [0.5, 0.6) is 0 Å². The van der Waals surface area contributed by atoms with Crippen molar-refractivity contribution in [3.63, 3.8) is 0 Å². The number of anilines is 1. The monoisotopic (exact) mass is 623 g/mol. The fourth-order valence-corrected chi connectivity index (χ4v) is 6.22. The second kappa shape index (κ2) is 13.9. The first-order valence-electron chi connectivity index (χ1n) is 13.2. The van der Waals surface area contributed by atoms with Gasteiger partial charge in [0.2, 0.25) is 11.8 Å². The largest absolute Gasteiger partial charge is 0.357 e. The molecule has 42 heavy (non-hydrogen) atoms. The summed E-state index contributed by atoms with van der Waals surface area (Å²) < 4.78 is 28.9. The summed E-state index contributed by atoms with van der Waals surface area (Å²) in [7, 11) is -2.69. The van der Waals surface area contributed by atoms with E-state index >= 15 is 0 Å². The Labute approximate surface area is 256 Å². The SMILES string of the molecule is CNC(=O)[C@@H](Cc1ccccc1)N(Cc1ccc(Cl)cc1)C(=O)CN(c1ccc(C)c(Cl)c1)S(=O)(=O)c1ccccc1. The molecule has 4 aromatic carbocycles. The Bertz CT molecular complexity index is 1630. The molecule has 4 aromatic rings. The summed E-state index contributed by atoms with van der Waals surface area (Å²) in [6.07, 6.45) is 0.224. The van der Waals surface area contributed by atoms with E-state index in [1.165, 1.54) is 30.1 Å². The molecule has 1 atom stereocenters. The molecule has 0 heterocycles. The maximum absolute atomic E-state index is 14.3. The molecule has 0 unspecified atom stereocenters. The van der Waals surface area contributed by atoms with Gasteiger partial charge in [-0.3, -0.25) is 13.9 Å². The molecule has 0 aromatic heterocycles. The highest BCUT2D eigenvalue weighted by Crippen LogP contribution is 2.29. The van der Waals surface area contributed by atoms with Crippen LogP contribution in [0.1, 0.15) is 16.7 Å². The molecule has 0 saturated heterocycles. The van der Waals surface area contributed by atoms with Gasteiger partial charge >= 0.3 is 0 Å². The number of hydrogen-bond acceptors (Lipinski definition) is 4. The summed E-state index contributed by atoms with van der Waals surface area (Å²) in [6, 6.07) is 28.1. The van der Waals surface area contributed by atoms with Gasteiger partial charge in [-0.25, -0.2) is 8.42 Å². The average molecular weight is 625 g/mol. The number of rotatable bonds is 11. The molecule has 0 fully saturated rings. The lowest BCUT2D eigenvalue weighted by molar-refractivity contribution is -0.139. The van der Waals surface area contributed by atoms with Crippen molar-refractivity contribution in [1.29, 1.82) is 0 Å². The van der Waals surface area contributed by atoms with Crippen molar-refractivity contribution in [3.05, 3.63) is 130 Å². The fraction of sp³-hybridized carbons (Fsp3) is 0.188. The number of likely N-dealkylation sites (N-methyl/N-ethyl adjacent to an activating group) is 1.